The minimum absolute atomic E-state index is 0.405. The third kappa shape index (κ3) is 3.00. The van der Waals surface area contributed by atoms with Gasteiger partial charge in [-0.15, -0.1) is 0 Å². The number of methoxy groups -OCH3 is 1. The van der Waals surface area contributed by atoms with Crippen molar-refractivity contribution in [3.63, 3.8) is 0 Å². The molecule has 0 aliphatic heterocycles. The van der Waals surface area contributed by atoms with E-state index in [1.54, 1.807) is 7.11 Å². The van der Waals surface area contributed by atoms with Crippen molar-refractivity contribution in [3.8, 4) is 5.75 Å². The molecular formula is C14H18N4O. The fraction of sp³-hybridized carbons (Fsp3) is 0.286. The van der Waals surface area contributed by atoms with Crippen molar-refractivity contribution in [1.29, 1.82) is 0 Å². The molecule has 0 aliphatic rings. The Balaban J connectivity index is 2.37. The summed E-state index contributed by atoms with van der Waals surface area (Å²) in [7, 11) is 3.57. The standard InChI is InChI=1S/C14H18N4O/c1-10-7-11(9-15)17-14(16-10)18(2)12-5-4-6-13(8-12)19-3/h4-8H,9,15H2,1-3H3. The van der Waals surface area contributed by atoms with Gasteiger partial charge >= 0.3 is 0 Å². The van der Waals surface area contributed by atoms with Gasteiger partial charge in [-0.3, -0.25) is 0 Å². The van der Waals surface area contributed by atoms with Crippen LogP contribution in [-0.2, 0) is 6.54 Å². The number of hydrogen-bond donors (Lipinski definition) is 1. The summed E-state index contributed by atoms with van der Waals surface area (Å²) in [6, 6.07) is 9.65. The van der Waals surface area contributed by atoms with Crippen LogP contribution in [0, 0.1) is 6.92 Å². The van der Waals surface area contributed by atoms with Crippen LogP contribution in [0.25, 0.3) is 0 Å². The maximum absolute atomic E-state index is 5.64. The first kappa shape index (κ1) is 13.3. The molecule has 0 radical (unpaired) electrons. The van der Waals surface area contributed by atoms with Crippen LogP contribution in [0.3, 0.4) is 0 Å². The Labute approximate surface area is 113 Å². The first-order valence-corrected chi connectivity index (χ1v) is 6.06. The van der Waals surface area contributed by atoms with Crippen molar-refractivity contribution < 1.29 is 4.74 Å². The summed E-state index contributed by atoms with van der Waals surface area (Å²) in [5.41, 5.74) is 8.34. The van der Waals surface area contributed by atoms with E-state index in [0.717, 1.165) is 22.8 Å². The molecule has 0 saturated heterocycles. The molecule has 5 nitrogen and oxygen atoms in total. The van der Waals surface area contributed by atoms with E-state index < -0.39 is 0 Å². The zero-order chi connectivity index (χ0) is 13.8. The molecule has 0 spiro atoms. The van der Waals surface area contributed by atoms with E-state index in [1.807, 2.05) is 49.2 Å². The minimum atomic E-state index is 0.405. The number of aryl methyl sites for hydroxylation is 1. The van der Waals surface area contributed by atoms with Crippen molar-refractivity contribution in [2.75, 3.05) is 19.1 Å². The maximum Gasteiger partial charge on any atom is 0.230 e. The van der Waals surface area contributed by atoms with Crippen LogP contribution in [0.1, 0.15) is 11.4 Å². The van der Waals surface area contributed by atoms with Crippen LogP contribution < -0.4 is 15.4 Å². The fourth-order valence-corrected chi connectivity index (χ4v) is 1.81. The summed E-state index contributed by atoms with van der Waals surface area (Å²) in [5.74, 6) is 1.43. The van der Waals surface area contributed by atoms with Gasteiger partial charge in [0.15, 0.2) is 0 Å². The molecular weight excluding hydrogens is 240 g/mol. The molecule has 1 aromatic carbocycles. The Morgan fingerprint density at radius 3 is 2.74 bits per heavy atom. The molecule has 0 unspecified atom stereocenters. The van der Waals surface area contributed by atoms with Gasteiger partial charge in [-0.1, -0.05) is 6.07 Å². The molecule has 2 N–H and O–H groups in total. The molecule has 1 heterocycles. The Bertz CT molecular complexity index is 571. The highest BCUT2D eigenvalue weighted by atomic mass is 16.5. The summed E-state index contributed by atoms with van der Waals surface area (Å²) in [6.45, 7) is 2.34. The monoisotopic (exact) mass is 258 g/mol. The minimum Gasteiger partial charge on any atom is -0.497 e. The van der Waals surface area contributed by atoms with Gasteiger partial charge in [-0.25, -0.2) is 9.97 Å². The number of nitrogens with two attached hydrogens (primary N) is 1. The van der Waals surface area contributed by atoms with Gasteiger partial charge in [0.25, 0.3) is 0 Å². The van der Waals surface area contributed by atoms with Crippen LogP contribution in [0.5, 0.6) is 5.75 Å². The average Bonchev–Trinajstić information content (AvgIpc) is 2.45. The van der Waals surface area contributed by atoms with E-state index in [0.29, 0.717) is 12.5 Å². The van der Waals surface area contributed by atoms with Gasteiger partial charge in [0.2, 0.25) is 5.95 Å². The zero-order valence-corrected chi connectivity index (χ0v) is 11.4. The Morgan fingerprint density at radius 1 is 1.26 bits per heavy atom. The number of anilines is 2. The van der Waals surface area contributed by atoms with E-state index in [9.17, 15) is 0 Å². The first-order valence-electron chi connectivity index (χ1n) is 6.06. The predicted octanol–water partition coefficient (Wildman–Crippen LogP) is 2.02. The highest BCUT2D eigenvalue weighted by Crippen LogP contribution is 2.24. The third-order valence-corrected chi connectivity index (χ3v) is 2.85. The van der Waals surface area contributed by atoms with Gasteiger partial charge in [0.05, 0.1) is 12.8 Å². The van der Waals surface area contributed by atoms with Crippen molar-refractivity contribution in [2.45, 2.75) is 13.5 Å². The molecule has 0 saturated carbocycles. The van der Waals surface area contributed by atoms with Gasteiger partial charge in [0, 0.05) is 31.0 Å². The number of nitrogens with zero attached hydrogens (tertiary/aromatic N) is 3. The molecule has 2 aromatic rings. The van der Waals surface area contributed by atoms with Crippen molar-refractivity contribution in [2.24, 2.45) is 5.73 Å². The molecule has 0 bridgehead atoms. The third-order valence-electron chi connectivity index (χ3n) is 2.85. The van der Waals surface area contributed by atoms with Crippen LogP contribution >= 0.6 is 0 Å². The summed E-state index contributed by atoms with van der Waals surface area (Å²) in [5, 5.41) is 0. The zero-order valence-electron chi connectivity index (χ0n) is 11.4. The van der Waals surface area contributed by atoms with E-state index in [1.165, 1.54) is 0 Å². The van der Waals surface area contributed by atoms with Gasteiger partial charge < -0.3 is 15.4 Å². The summed E-state index contributed by atoms with van der Waals surface area (Å²) in [6.07, 6.45) is 0. The molecule has 0 aliphatic carbocycles. The smallest absolute Gasteiger partial charge is 0.230 e. The van der Waals surface area contributed by atoms with Crippen LogP contribution in [-0.4, -0.2) is 24.1 Å². The lowest BCUT2D eigenvalue weighted by Gasteiger charge is -2.18. The molecule has 5 heteroatoms. The first-order chi connectivity index (χ1) is 9.13. The summed E-state index contributed by atoms with van der Waals surface area (Å²) >= 11 is 0. The number of rotatable bonds is 4. The lowest BCUT2D eigenvalue weighted by Crippen LogP contribution is -2.15. The molecule has 2 rings (SSSR count). The van der Waals surface area contributed by atoms with E-state index in [-0.39, 0.29) is 0 Å². The largest absolute Gasteiger partial charge is 0.497 e. The number of benzene rings is 1. The number of hydrogen-bond acceptors (Lipinski definition) is 5. The van der Waals surface area contributed by atoms with Crippen LogP contribution in [0.15, 0.2) is 30.3 Å². The molecule has 0 fully saturated rings. The maximum atomic E-state index is 5.64. The Morgan fingerprint density at radius 2 is 2.05 bits per heavy atom. The second-order valence-corrected chi connectivity index (χ2v) is 4.27. The topological polar surface area (TPSA) is 64.3 Å². The molecule has 0 amide bonds. The van der Waals surface area contributed by atoms with Crippen molar-refractivity contribution >= 4 is 11.6 Å². The van der Waals surface area contributed by atoms with Crippen LogP contribution in [0.2, 0.25) is 0 Å². The Kier molecular flexibility index (Phi) is 3.97. The average molecular weight is 258 g/mol. The van der Waals surface area contributed by atoms with Gasteiger partial charge in [-0.2, -0.15) is 0 Å². The highest BCUT2D eigenvalue weighted by Gasteiger charge is 2.09. The number of ether oxygens (including phenoxy) is 1. The van der Waals surface area contributed by atoms with Gasteiger partial charge in [-0.05, 0) is 25.1 Å². The second-order valence-electron chi connectivity index (χ2n) is 4.27. The molecule has 19 heavy (non-hydrogen) atoms. The predicted molar refractivity (Wildman–Crippen MR) is 75.7 cm³/mol. The molecule has 0 atom stereocenters. The van der Waals surface area contributed by atoms with E-state index in [4.69, 9.17) is 10.5 Å². The summed E-state index contributed by atoms with van der Waals surface area (Å²) in [4.78, 5) is 10.8. The molecule has 100 valence electrons. The van der Waals surface area contributed by atoms with E-state index in [2.05, 4.69) is 9.97 Å². The van der Waals surface area contributed by atoms with Crippen molar-refractivity contribution in [1.82, 2.24) is 9.97 Å². The fourth-order valence-electron chi connectivity index (χ4n) is 1.81. The lowest BCUT2D eigenvalue weighted by atomic mass is 10.3. The second kappa shape index (κ2) is 5.67. The quantitative estimate of drug-likeness (QED) is 0.909. The van der Waals surface area contributed by atoms with E-state index >= 15 is 0 Å². The summed E-state index contributed by atoms with van der Waals surface area (Å²) < 4.78 is 5.22. The normalized spacial score (nSPS) is 10.3. The van der Waals surface area contributed by atoms with Gasteiger partial charge in [0.1, 0.15) is 5.75 Å². The highest BCUT2D eigenvalue weighted by molar-refractivity contribution is 5.58. The number of aromatic nitrogens is 2. The molecule has 1 aromatic heterocycles. The SMILES string of the molecule is COc1cccc(N(C)c2nc(C)cc(CN)n2)c1. The Hall–Kier alpha value is -2.14. The van der Waals surface area contributed by atoms with Crippen LogP contribution in [0.4, 0.5) is 11.6 Å². The lowest BCUT2D eigenvalue weighted by molar-refractivity contribution is 0.415. The van der Waals surface area contributed by atoms with Crippen molar-refractivity contribution in [3.05, 3.63) is 41.7 Å².